The molecule has 1 aromatic rings. The van der Waals surface area contributed by atoms with E-state index in [4.69, 9.17) is 15.6 Å². The molecule has 1 aliphatic rings. The van der Waals surface area contributed by atoms with Gasteiger partial charge >= 0.3 is 5.97 Å². The van der Waals surface area contributed by atoms with E-state index in [1.165, 1.54) is 0 Å². The van der Waals surface area contributed by atoms with Gasteiger partial charge in [-0.1, -0.05) is 30.3 Å². The van der Waals surface area contributed by atoms with Crippen molar-refractivity contribution in [2.45, 2.75) is 18.2 Å². The van der Waals surface area contributed by atoms with Gasteiger partial charge in [-0.05, 0) is 0 Å². The maximum Gasteiger partial charge on any atom is 0.322 e. The number of epoxide rings is 1. The molecule has 0 saturated carbocycles. The van der Waals surface area contributed by atoms with Crippen LogP contribution in [0.25, 0.3) is 0 Å². The summed E-state index contributed by atoms with van der Waals surface area (Å²) >= 11 is 0. The van der Waals surface area contributed by atoms with Crippen LogP contribution in [0, 0.1) is 0 Å². The van der Waals surface area contributed by atoms with Crippen LogP contribution in [-0.4, -0.2) is 47.6 Å². The van der Waals surface area contributed by atoms with Crippen LogP contribution in [0.2, 0.25) is 0 Å². The highest BCUT2D eigenvalue weighted by Gasteiger charge is 2.50. The molecule has 4 N–H and O–H groups in total. The largest absolute Gasteiger partial charge is 0.480 e. The fourth-order valence-corrected chi connectivity index (χ4v) is 1.68. The number of hydrogen-bond acceptors (Lipinski definition) is 5. The Morgan fingerprint density at radius 3 is 2.50 bits per heavy atom. The van der Waals surface area contributed by atoms with Crippen molar-refractivity contribution in [2.24, 2.45) is 5.73 Å². The Labute approximate surface area is 114 Å². The van der Waals surface area contributed by atoms with Gasteiger partial charge in [0.2, 0.25) is 0 Å². The van der Waals surface area contributed by atoms with Crippen molar-refractivity contribution in [1.29, 1.82) is 0 Å². The van der Waals surface area contributed by atoms with Crippen LogP contribution >= 0.6 is 0 Å². The molecular weight excluding hydrogens is 264 g/mol. The summed E-state index contributed by atoms with van der Waals surface area (Å²) in [5.74, 6) is -2.01. The van der Waals surface area contributed by atoms with Crippen LogP contribution < -0.4 is 11.1 Å². The van der Waals surface area contributed by atoms with Gasteiger partial charge in [-0.25, -0.2) is 0 Å². The van der Waals surface area contributed by atoms with Crippen molar-refractivity contribution < 1.29 is 24.2 Å². The van der Waals surface area contributed by atoms with Gasteiger partial charge in [-0.3, -0.25) is 14.4 Å². The van der Waals surface area contributed by atoms with E-state index in [9.17, 15) is 14.4 Å². The molecule has 1 fully saturated rings. The molecule has 7 heteroatoms. The molecule has 1 heterocycles. The minimum absolute atomic E-state index is 0.208. The van der Waals surface area contributed by atoms with Gasteiger partial charge in [0.25, 0.3) is 5.91 Å². The number of nitrogens with two attached hydrogens (primary N) is 1. The molecule has 0 radical (unpaired) electrons. The van der Waals surface area contributed by atoms with Crippen molar-refractivity contribution in [3.63, 3.8) is 0 Å². The average molecular weight is 278 g/mol. The number of ketones is 1. The summed E-state index contributed by atoms with van der Waals surface area (Å²) in [7, 11) is 0. The molecule has 1 saturated heterocycles. The fraction of sp³-hybridized carbons (Fsp3) is 0.308. The number of ether oxygens (including phenoxy) is 1. The standard InChI is InChI=1S/C13H14N2O5/c14-8(13(18)19)6-15-12(17)11-10(20-11)9(16)7-4-2-1-3-5-7/h1-5,8,10-11H,6,14H2,(H,15,17)(H,18,19)/t8-,10-,11+/m0/s1. The number of amides is 1. The van der Waals surface area contributed by atoms with Gasteiger partial charge in [0.1, 0.15) is 6.04 Å². The first-order valence-corrected chi connectivity index (χ1v) is 6.01. The minimum atomic E-state index is -1.21. The zero-order valence-corrected chi connectivity index (χ0v) is 10.5. The monoisotopic (exact) mass is 278 g/mol. The predicted octanol–water partition coefficient (Wildman–Crippen LogP) is -0.835. The number of hydrogen-bond donors (Lipinski definition) is 3. The first-order chi connectivity index (χ1) is 9.50. The lowest BCUT2D eigenvalue weighted by Gasteiger charge is -2.06. The lowest BCUT2D eigenvalue weighted by Crippen LogP contribution is -2.44. The lowest BCUT2D eigenvalue weighted by atomic mass is 10.1. The third-order valence-electron chi connectivity index (χ3n) is 2.88. The molecular formula is C13H14N2O5. The Morgan fingerprint density at radius 1 is 1.25 bits per heavy atom. The molecule has 0 spiro atoms. The first kappa shape index (κ1) is 14.2. The van der Waals surface area contributed by atoms with Crippen molar-refractivity contribution in [1.82, 2.24) is 5.32 Å². The Kier molecular flexibility index (Phi) is 4.11. The second-order valence-electron chi connectivity index (χ2n) is 4.40. The highest BCUT2D eigenvalue weighted by atomic mass is 16.6. The number of carboxylic acids is 1. The number of aliphatic carboxylic acids is 1. The van der Waals surface area contributed by atoms with Gasteiger partial charge in [-0.2, -0.15) is 0 Å². The molecule has 7 nitrogen and oxygen atoms in total. The smallest absolute Gasteiger partial charge is 0.322 e. The zero-order chi connectivity index (χ0) is 14.7. The van der Waals surface area contributed by atoms with Gasteiger partial charge in [0.05, 0.1) is 0 Å². The number of Topliss-reactive ketones (excluding diaryl/α,β-unsaturated/α-hetero) is 1. The number of benzene rings is 1. The number of rotatable bonds is 6. The summed E-state index contributed by atoms with van der Waals surface area (Å²) < 4.78 is 5.04. The highest BCUT2D eigenvalue weighted by Crippen LogP contribution is 2.26. The van der Waals surface area contributed by atoms with Crippen molar-refractivity contribution in [3.8, 4) is 0 Å². The molecule has 1 amide bonds. The normalized spacial score (nSPS) is 21.9. The van der Waals surface area contributed by atoms with Crippen LogP contribution in [0.5, 0.6) is 0 Å². The summed E-state index contributed by atoms with van der Waals surface area (Å²) in [5.41, 5.74) is 5.72. The fourth-order valence-electron chi connectivity index (χ4n) is 1.68. The topological polar surface area (TPSA) is 122 Å². The third-order valence-corrected chi connectivity index (χ3v) is 2.88. The Balaban J connectivity index is 1.84. The van der Waals surface area contributed by atoms with Crippen LogP contribution in [0.4, 0.5) is 0 Å². The second kappa shape index (κ2) is 5.81. The van der Waals surface area contributed by atoms with Crippen molar-refractivity contribution in [2.75, 3.05) is 6.54 Å². The molecule has 3 atom stereocenters. The number of nitrogens with one attached hydrogen (secondary N) is 1. The average Bonchev–Trinajstić information content (AvgIpc) is 3.24. The summed E-state index contributed by atoms with van der Waals surface area (Å²) in [6, 6.07) is 7.31. The molecule has 1 aliphatic heterocycles. The quantitative estimate of drug-likeness (QED) is 0.461. The third kappa shape index (κ3) is 3.19. The molecule has 0 unspecified atom stereocenters. The van der Waals surface area contributed by atoms with Gasteiger partial charge < -0.3 is 20.9 Å². The van der Waals surface area contributed by atoms with Crippen LogP contribution in [0.1, 0.15) is 10.4 Å². The van der Waals surface area contributed by atoms with Crippen LogP contribution in [-0.2, 0) is 14.3 Å². The maximum atomic E-state index is 11.9. The zero-order valence-electron chi connectivity index (χ0n) is 10.5. The van der Waals surface area contributed by atoms with Crippen LogP contribution in [0.3, 0.4) is 0 Å². The molecule has 106 valence electrons. The van der Waals surface area contributed by atoms with E-state index in [1.54, 1.807) is 30.3 Å². The van der Waals surface area contributed by atoms with Gasteiger partial charge in [0.15, 0.2) is 18.0 Å². The van der Waals surface area contributed by atoms with E-state index in [1.807, 2.05) is 0 Å². The van der Waals surface area contributed by atoms with E-state index in [2.05, 4.69) is 5.32 Å². The predicted molar refractivity (Wildman–Crippen MR) is 68.1 cm³/mol. The van der Waals surface area contributed by atoms with E-state index in [0.717, 1.165) is 0 Å². The molecule has 0 aliphatic carbocycles. The maximum absolute atomic E-state index is 11.9. The molecule has 20 heavy (non-hydrogen) atoms. The Morgan fingerprint density at radius 2 is 1.90 bits per heavy atom. The second-order valence-corrected chi connectivity index (χ2v) is 4.40. The van der Waals surface area contributed by atoms with Gasteiger partial charge in [-0.15, -0.1) is 0 Å². The SMILES string of the molecule is N[C@@H](CNC(=O)[C@@H]1O[C@H]1C(=O)c1ccccc1)C(=O)O. The Bertz CT molecular complexity index is 531. The summed E-state index contributed by atoms with van der Waals surface area (Å²) in [6.45, 7) is -0.208. The molecule has 0 aromatic heterocycles. The highest BCUT2D eigenvalue weighted by molar-refractivity contribution is 6.05. The van der Waals surface area contributed by atoms with Crippen LogP contribution in [0.15, 0.2) is 30.3 Å². The summed E-state index contributed by atoms with van der Waals surface area (Å²) in [6.07, 6.45) is -1.68. The molecule has 1 aromatic carbocycles. The number of carbonyl (C=O) groups excluding carboxylic acids is 2. The Hall–Kier alpha value is -2.25. The van der Waals surface area contributed by atoms with E-state index < -0.39 is 30.1 Å². The van der Waals surface area contributed by atoms with E-state index in [0.29, 0.717) is 5.56 Å². The number of carboxylic acid groups (broad SMARTS) is 1. The van der Waals surface area contributed by atoms with E-state index >= 15 is 0 Å². The van der Waals surface area contributed by atoms with E-state index in [-0.39, 0.29) is 12.3 Å². The van der Waals surface area contributed by atoms with Crippen molar-refractivity contribution in [3.05, 3.63) is 35.9 Å². The summed E-state index contributed by atoms with van der Waals surface area (Å²) in [4.78, 5) is 34.1. The summed E-state index contributed by atoms with van der Waals surface area (Å²) in [5, 5.41) is 10.9. The molecule has 0 bridgehead atoms. The first-order valence-electron chi connectivity index (χ1n) is 6.01. The van der Waals surface area contributed by atoms with Gasteiger partial charge in [0, 0.05) is 12.1 Å². The minimum Gasteiger partial charge on any atom is -0.480 e. The van der Waals surface area contributed by atoms with Crippen molar-refractivity contribution >= 4 is 17.7 Å². The number of carbonyl (C=O) groups is 3. The molecule has 2 rings (SSSR count). The lowest BCUT2D eigenvalue weighted by molar-refractivity contribution is -0.138.